The molecule has 0 aromatic heterocycles. The predicted molar refractivity (Wildman–Crippen MR) is 80.8 cm³/mol. The van der Waals surface area contributed by atoms with E-state index in [2.05, 4.69) is 13.8 Å². The Labute approximate surface area is 122 Å². The van der Waals surface area contributed by atoms with Gasteiger partial charge in [0.15, 0.2) is 14.1 Å². The Morgan fingerprint density at radius 3 is 2.25 bits per heavy atom. The van der Waals surface area contributed by atoms with Gasteiger partial charge in [-0.05, 0) is 38.4 Å². The van der Waals surface area contributed by atoms with Crippen molar-refractivity contribution in [2.75, 3.05) is 0 Å². The van der Waals surface area contributed by atoms with Gasteiger partial charge in [-0.3, -0.25) is 0 Å². The summed E-state index contributed by atoms with van der Waals surface area (Å²) in [6.07, 6.45) is 3.62. The van der Waals surface area contributed by atoms with Crippen LogP contribution in [0.1, 0.15) is 34.1 Å². The summed E-state index contributed by atoms with van der Waals surface area (Å²) in [7, 11) is -2.26. The fraction of sp³-hybridized carbons (Fsp3) is 0.867. The molecule has 0 amide bonds. The standard InChI is InChI=1S/C15H28O4Si/c1-14(2,20(5,6)17)9-10-7-8-11(16)13-12(10)18-15(3,4)19-13/h7-8,10-13,16-17H,9H2,1-6H3/t10-,11+,12+,13+/m1/s1. The molecule has 5 heteroatoms. The summed E-state index contributed by atoms with van der Waals surface area (Å²) in [5.41, 5.74) is 0. The molecule has 1 heterocycles. The van der Waals surface area contributed by atoms with E-state index in [-0.39, 0.29) is 23.2 Å². The van der Waals surface area contributed by atoms with Crippen LogP contribution in [0.15, 0.2) is 12.2 Å². The van der Waals surface area contributed by atoms with Crippen molar-refractivity contribution in [3.63, 3.8) is 0 Å². The highest BCUT2D eigenvalue weighted by Gasteiger charge is 2.51. The van der Waals surface area contributed by atoms with E-state index in [9.17, 15) is 9.90 Å². The van der Waals surface area contributed by atoms with Crippen LogP contribution in [0.3, 0.4) is 0 Å². The fourth-order valence-electron chi connectivity index (χ4n) is 2.91. The number of aliphatic hydroxyl groups excluding tert-OH is 1. The lowest BCUT2D eigenvalue weighted by Crippen LogP contribution is -2.46. The van der Waals surface area contributed by atoms with Crippen molar-refractivity contribution in [1.29, 1.82) is 0 Å². The molecule has 4 nitrogen and oxygen atoms in total. The van der Waals surface area contributed by atoms with Gasteiger partial charge in [0.1, 0.15) is 12.2 Å². The van der Waals surface area contributed by atoms with Gasteiger partial charge >= 0.3 is 0 Å². The van der Waals surface area contributed by atoms with Gasteiger partial charge in [-0.1, -0.05) is 26.0 Å². The Bertz CT molecular complexity index is 397. The van der Waals surface area contributed by atoms with Gasteiger partial charge in [0.25, 0.3) is 0 Å². The van der Waals surface area contributed by atoms with E-state index >= 15 is 0 Å². The molecule has 0 bridgehead atoms. The molecule has 0 aromatic rings. The molecule has 1 aliphatic heterocycles. The SMILES string of the molecule is CC1(C)O[C@@H]2[C@@H](O1)[C@@H](O)C=C[C@@H]2CC(C)(C)[Si](C)(C)O. The average molecular weight is 300 g/mol. The first-order valence-corrected chi connectivity index (χ1v) is 10.3. The summed E-state index contributed by atoms with van der Waals surface area (Å²) in [5, 5.41) is 9.93. The first-order valence-electron chi connectivity index (χ1n) is 7.37. The number of aliphatic hydroxyl groups is 1. The Morgan fingerprint density at radius 2 is 1.70 bits per heavy atom. The summed E-state index contributed by atoms with van der Waals surface area (Å²) in [6.45, 7) is 11.9. The van der Waals surface area contributed by atoms with E-state index in [1.807, 2.05) is 33.0 Å². The van der Waals surface area contributed by atoms with Gasteiger partial charge in [-0.25, -0.2) is 0 Å². The summed E-state index contributed by atoms with van der Waals surface area (Å²) in [6, 6.07) is 0. The van der Waals surface area contributed by atoms with Crippen molar-refractivity contribution in [3.8, 4) is 0 Å². The van der Waals surface area contributed by atoms with E-state index in [1.54, 1.807) is 6.08 Å². The van der Waals surface area contributed by atoms with Crippen LogP contribution in [0, 0.1) is 5.92 Å². The first-order chi connectivity index (χ1) is 8.93. The monoisotopic (exact) mass is 300 g/mol. The molecule has 2 rings (SSSR count). The van der Waals surface area contributed by atoms with Crippen molar-refractivity contribution < 1.29 is 19.4 Å². The van der Waals surface area contributed by atoms with Gasteiger partial charge < -0.3 is 19.4 Å². The third-order valence-corrected chi connectivity index (χ3v) is 8.40. The van der Waals surface area contributed by atoms with Crippen LogP contribution >= 0.6 is 0 Å². The third kappa shape index (κ3) is 3.02. The molecule has 1 saturated heterocycles. The lowest BCUT2D eigenvalue weighted by atomic mass is 9.83. The topological polar surface area (TPSA) is 58.9 Å². The van der Waals surface area contributed by atoms with Crippen LogP contribution in [0.2, 0.25) is 18.1 Å². The van der Waals surface area contributed by atoms with E-state index in [0.717, 1.165) is 6.42 Å². The Balaban J connectivity index is 2.19. The van der Waals surface area contributed by atoms with Crippen LogP contribution in [-0.2, 0) is 9.47 Å². The molecule has 0 radical (unpaired) electrons. The van der Waals surface area contributed by atoms with Crippen LogP contribution in [-0.4, -0.2) is 42.3 Å². The molecule has 2 N–H and O–H groups in total. The average Bonchev–Trinajstić information content (AvgIpc) is 2.57. The molecule has 0 unspecified atom stereocenters. The van der Waals surface area contributed by atoms with Crippen molar-refractivity contribution in [2.45, 2.75) is 76.3 Å². The van der Waals surface area contributed by atoms with Crippen LogP contribution in [0.4, 0.5) is 0 Å². The normalized spacial score (nSPS) is 37.0. The van der Waals surface area contributed by atoms with Crippen LogP contribution in [0.5, 0.6) is 0 Å². The maximum Gasteiger partial charge on any atom is 0.188 e. The molecule has 2 aliphatic rings. The van der Waals surface area contributed by atoms with Crippen molar-refractivity contribution >= 4 is 8.32 Å². The van der Waals surface area contributed by atoms with E-state index < -0.39 is 20.2 Å². The minimum absolute atomic E-state index is 0.120. The maximum absolute atomic E-state index is 10.5. The van der Waals surface area contributed by atoms with Crippen LogP contribution in [0.25, 0.3) is 0 Å². The molecule has 1 aliphatic carbocycles. The van der Waals surface area contributed by atoms with Gasteiger partial charge in [0.05, 0.1) is 6.10 Å². The number of ether oxygens (including phenoxy) is 2. The number of rotatable bonds is 3. The smallest absolute Gasteiger partial charge is 0.188 e. The fourth-order valence-corrected chi connectivity index (χ4v) is 3.65. The molecule has 4 atom stereocenters. The highest BCUT2D eigenvalue weighted by atomic mass is 28.4. The second kappa shape index (κ2) is 4.92. The predicted octanol–water partition coefficient (Wildman–Crippen LogP) is 2.42. The first kappa shape index (κ1) is 16.2. The lowest BCUT2D eigenvalue weighted by molar-refractivity contribution is -0.153. The Kier molecular flexibility index (Phi) is 3.98. The van der Waals surface area contributed by atoms with Gasteiger partial charge in [-0.2, -0.15) is 0 Å². The quantitative estimate of drug-likeness (QED) is 0.621. The molecule has 0 spiro atoms. The highest BCUT2D eigenvalue weighted by molar-refractivity contribution is 6.72. The summed E-state index contributed by atoms with van der Waals surface area (Å²) in [4.78, 5) is 10.5. The summed E-state index contributed by atoms with van der Waals surface area (Å²) < 4.78 is 11.8. The minimum Gasteiger partial charge on any atom is -0.432 e. The molecule has 0 aromatic carbocycles. The Morgan fingerprint density at radius 1 is 1.15 bits per heavy atom. The van der Waals surface area contributed by atoms with Crippen molar-refractivity contribution in [1.82, 2.24) is 0 Å². The summed E-state index contributed by atoms with van der Waals surface area (Å²) >= 11 is 0. The van der Waals surface area contributed by atoms with Gasteiger partial charge in [0.2, 0.25) is 0 Å². The van der Waals surface area contributed by atoms with Gasteiger partial charge in [-0.15, -0.1) is 0 Å². The minimum atomic E-state index is -2.26. The van der Waals surface area contributed by atoms with Crippen molar-refractivity contribution in [2.24, 2.45) is 5.92 Å². The second-order valence-corrected chi connectivity index (χ2v) is 12.2. The zero-order valence-corrected chi connectivity index (χ0v) is 14.4. The van der Waals surface area contributed by atoms with Gasteiger partial charge in [0, 0.05) is 5.92 Å². The molecular formula is C15H28O4Si. The Hall–Kier alpha value is -0.203. The zero-order chi connectivity index (χ0) is 15.3. The maximum atomic E-state index is 10.5. The molecule has 20 heavy (non-hydrogen) atoms. The largest absolute Gasteiger partial charge is 0.432 e. The van der Waals surface area contributed by atoms with Crippen molar-refractivity contribution in [3.05, 3.63) is 12.2 Å². The number of fused-ring (bicyclic) bond motifs is 1. The second-order valence-electron chi connectivity index (χ2n) is 7.75. The van der Waals surface area contributed by atoms with Crippen LogP contribution < -0.4 is 0 Å². The zero-order valence-electron chi connectivity index (χ0n) is 13.4. The summed E-state index contributed by atoms with van der Waals surface area (Å²) in [5.74, 6) is -0.490. The molecule has 1 fully saturated rings. The molecule has 116 valence electrons. The number of hydrogen-bond acceptors (Lipinski definition) is 4. The highest BCUT2D eigenvalue weighted by Crippen LogP contribution is 2.47. The van der Waals surface area contributed by atoms with E-state index in [0.29, 0.717) is 0 Å². The number of hydrogen-bond donors (Lipinski definition) is 2. The molecular weight excluding hydrogens is 272 g/mol. The van der Waals surface area contributed by atoms with E-state index in [4.69, 9.17) is 9.47 Å². The third-order valence-electron chi connectivity index (χ3n) is 4.88. The lowest BCUT2D eigenvalue weighted by Gasteiger charge is -2.40. The van der Waals surface area contributed by atoms with E-state index in [1.165, 1.54) is 0 Å². The molecule has 0 saturated carbocycles.